The van der Waals surface area contributed by atoms with Gasteiger partial charge < -0.3 is 21.3 Å². The highest BCUT2D eigenvalue weighted by Crippen LogP contribution is 2.23. The maximum absolute atomic E-state index is 13.4. The van der Waals surface area contributed by atoms with E-state index < -0.39 is 0 Å². The molecule has 1 aliphatic heterocycles. The van der Waals surface area contributed by atoms with Gasteiger partial charge in [0.2, 0.25) is 5.95 Å². The first-order valence-corrected chi connectivity index (χ1v) is 11.3. The van der Waals surface area contributed by atoms with E-state index in [0.717, 1.165) is 31.5 Å². The van der Waals surface area contributed by atoms with Crippen molar-refractivity contribution in [2.24, 2.45) is 0 Å². The lowest BCUT2D eigenvalue weighted by atomic mass is 10.1. The molecule has 0 bridgehead atoms. The maximum Gasteiger partial charge on any atom is 0.251 e. The Bertz CT molecular complexity index is 1090. The van der Waals surface area contributed by atoms with Crippen LogP contribution >= 0.6 is 15.9 Å². The van der Waals surface area contributed by atoms with Crippen LogP contribution in [0.5, 0.6) is 0 Å². The van der Waals surface area contributed by atoms with Gasteiger partial charge >= 0.3 is 0 Å². The van der Waals surface area contributed by atoms with Gasteiger partial charge in [-0.25, -0.2) is 9.37 Å². The van der Waals surface area contributed by atoms with Gasteiger partial charge in [0.1, 0.15) is 11.6 Å². The second kappa shape index (κ2) is 10.5. The van der Waals surface area contributed by atoms with Gasteiger partial charge in [0, 0.05) is 36.6 Å². The molecular weight excluding hydrogens is 475 g/mol. The fourth-order valence-corrected chi connectivity index (χ4v) is 3.83. The molecule has 0 aliphatic carbocycles. The van der Waals surface area contributed by atoms with E-state index in [0.29, 0.717) is 34.0 Å². The highest BCUT2D eigenvalue weighted by molar-refractivity contribution is 9.10. The van der Waals surface area contributed by atoms with Crippen LogP contribution in [0.15, 0.2) is 59.2 Å². The van der Waals surface area contributed by atoms with Crippen LogP contribution in [-0.2, 0) is 6.54 Å². The summed E-state index contributed by atoms with van der Waals surface area (Å²) in [6.07, 6.45) is 3.67. The van der Waals surface area contributed by atoms with Crippen LogP contribution in [0.1, 0.15) is 28.8 Å². The SMILES string of the molecule is O=C(NC1CCCNC1)c1cccc(Nc2ncc(Br)c(NCc3cccc(F)c3)n2)c1. The lowest BCUT2D eigenvalue weighted by molar-refractivity contribution is 0.0930. The summed E-state index contributed by atoms with van der Waals surface area (Å²) in [5.41, 5.74) is 2.08. The molecule has 1 unspecified atom stereocenters. The van der Waals surface area contributed by atoms with Crippen molar-refractivity contribution in [3.63, 3.8) is 0 Å². The number of benzene rings is 2. The quantitative estimate of drug-likeness (QED) is 0.390. The Morgan fingerprint density at radius 1 is 1.22 bits per heavy atom. The number of nitrogens with one attached hydrogen (secondary N) is 4. The molecule has 0 radical (unpaired) electrons. The molecule has 1 atom stereocenters. The van der Waals surface area contributed by atoms with Crippen LogP contribution < -0.4 is 21.3 Å². The molecule has 2 aromatic carbocycles. The first kappa shape index (κ1) is 22.2. The molecule has 1 amide bonds. The van der Waals surface area contributed by atoms with E-state index in [1.54, 1.807) is 24.4 Å². The zero-order chi connectivity index (χ0) is 22.3. The number of carbonyl (C=O) groups excluding carboxylic acids is 1. The van der Waals surface area contributed by atoms with Gasteiger partial charge in [-0.1, -0.05) is 18.2 Å². The molecule has 0 spiro atoms. The van der Waals surface area contributed by atoms with E-state index in [2.05, 4.69) is 47.2 Å². The number of carbonyl (C=O) groups is 1. The molecule has 1 fully saturated rings. The van der Waals surface area contributed by atoms with Crippen molar-refractivity contribution in [1.29, 1.82) is 0 Å². The van der Waals surface area contributed by atoms with Gasteiger partial charge in [-0.05, 0) is 71.2 Å². The average Bonchev–Trinajstić information content (AvgIpc) is 2.80. The predicted octanol–water partition coefficient (Wildman–Crippen LogP) is 4.22. The molecule has 2 heterocycles. The second-order valence-electron chi connectivity index (χ2n) is 7.60. The minimum Gasteiger partial charge on any atom is -0.365 e. The van der Waals surface area contributed by atoms with Crippen molar-refractivity contribution < 1.29 is 9.18 Å². The number of piperidine rings is 1. The number of amides is 1. The Hall–Kier alpha value is -3.04. The van der Waals surface area contributed by atoms with E-state index in [-0.39, 0.29) is 17.8 Å². The number of nitrogens with zero attached hydrogens (tertiary/aromatic N) is 2. The molecule has 32 heavy (non-hydrogen) atoms. The zero-order valence-corrected chi connectivity index (χ0v) is 19.0. The third-order valence-electron chi connectivity index (χ3n) is 5.11. The summed E-state index contributed by atoms with van der Waals surface area (Å²) >= 11 is 3.43. The zero-order valence-electron chi connectivity index (χ0n) is 17.4. The monoisotopic (exact) mass is 498 g/mol. The van der Waals surface area contributed by atoms with E-state index in [1.165, 1.54) is 12.1 Å². The van der Waals surface area contributed by atoms with Crippen LogP contribution in [-0.4, -0.2) is 35.0 Å². The van der Waals surface area contributed by atoms with E-state index >= 15 is 0 Å². The first-order chi connectivity index (χ1) is 15.6. The van der Waals surface area contributed by atoms with Gasteiger partial charge in [-0.3, -0.25) is 4.79 Å². The van der Waals surface area contributed by atoms with Gasteiger partial charge in [-0.2, -0.15) is 4.98 Å². The smallest absolute Gasteiger partial charge is 0.251 e. The Morgan fingerprint density at radius 3 is 2.91 bits per heavy atom. The Balaban J connectivity index is 1.41. The van der Waals surface area contributed by atoms with Crippen LogP contribution in [0.2, 0.25) is 0 Å². The third-order valence-corrected chi connectivity index (χ3v) is 5.69. The summed E-state index contributed by atoms with van der Waals surface area (Å²) < 4.78 is 14.1. The average molecular weight is 499 g/mol. The standard InChI is InChI=1S/C23H24BrFN6O/c24-20-14-28-23(31-21(20)27-12-15-4-1-6-17(25)10-15)30-18-7-2-5-16(11-18)22(32)29-19-8-3-9-26-13-19/h1-2,4-7,10-11,14,19,26H,3,8-9,12-13H2,(H,29,32)(H2,27,28,30,31). The molecule has 1 saturated heterocycles. The molecule has 0 saturated carbocycles. The van der Waals surface area contributed by atoms with Gasteiger partial charge in [-0.15, -0.1) is 0 Å². The van der Waals surface area contributed by atoms with Crippen LogP contribution in [0.4, 0.5) is 21.8 Å². The molecule has 4 N–H and O–H groups in total. The van der Waals surface area contributed by atoms with Crippen LogP contribution in [0, 0.1) is 5.82 Å². The number of hydrogen-bond acceptors (Lipinski definition) is 6. The van der Waals surface area contributed by atoms with Crippen LogP contribution in [0.3, 0.4) is 0 Å². The lowest BCUT2D eigenvalue weighted by Gasteiger charge is -2.23. The van der Waals surface area contributed by atoms with Gasteiger partial charge in [0.15, 0.2) is 0 Å². The third kappa shape index (κ3) is 6.02. The van der Waals surface area contributed by atoms with Crippen molar-refractivity contribution in [3.8, 4) is 0 Å². The van der Waals surface area contributed by atoms with Gasteiger partial charge in [0.05, 0.1) is 4.47 Å². The Kier molecular flexibility index (Phi) is 7.28. The van der Waals surface area contributed by atoms with Gasteiger partial charge in [0.25, 0.3) is 5.91 Å². The minimum absolute atomic E-state index is 0.100. The minimum atomic E-state index is -0.280. The molecule has 7 nitrogen and oxygen atoms in total. The summed E-state index contributed by atoms with van der Waals surface area (Å²) in [4.78, 5) is 21.4. The first-order valence-electron chi connectivity index (χ1n) is 10.5. The Morgan fingerprint density at radius 2 is 2.09 bits per heavy atom. The molecular formula is C23H24BrFN6O. The largest absolute Gasteiger partial charge is 0.365 e. The number of anilines is 3. The van der Waals surface area contributed by atoms with E-state index in [9.17, 15) is 9.18 Å². The van der Waals surface area contributed by atoms with Crippen molar-refractivity contribution in [2.75, 3.05) is 23.7 Å². The fraction of sp³-hybridized carbons (Fsp3) is 0.261. The van der Waals surface area contributed by atoms with Crippen LogP contribution in [0.25, 0.3) is 0 Å². The number of rotatable bonds is 7. The highest BCUT2D eigenvalue weighted by atomic mass is 79.9. The van der Waals surface area contributed by atoms with Crippen molar-refractivity contribution in [3.05, 3.63) is 76.1 Å². The second-order valence-corrected chi connectivity index (χ2v) is 8.45. The molecule has 3 aromatic rings. The molecule has 9 heteroatoms. The predicted molar refractivity (Wildman–Crippen MR) is 127 cm³/mol. The summed E-state index contributed by atoms with van der Waals surface area (Å²) in [6.45, 7) is 2.21. The molecule has 4 rings (SSSR count). The van der Waals surface area contributed by atoms with E-state index in [1.807, 2.05) is 18.2 Å². The molecule has 1 aromatic heterocycles. The fourth-order valence-electron chi connectivity index (χ4n) is 3.50. The normalized spacial score (nSPS) is 15.8. The summed E-state index contributed by atoms with van der Waals surface area (Å²) in [5.74, 6) is 0.572. The van der Waals surface area contributed by atoms with Crippen molar-refractivity contribution in [2.45, 2.75) is 25.4 Å². The molecule has 1 aliphatic rings. The molecule has 166 valence electrons. The summed E-state index contributed by atoms with van der Waals surface area (Å²) in [5, 5.41) is 12.7. The maximum atomic E-state index is 13.4. The van der Waals surface area contributed by atoms with E-state index in [4.69, 9.17) is 0 Å². The summed E-state index contributed by atoms with van der Waals surface area (Å²) in [7, 11) is 0. The Labute approximate surface area is 194 Å². The summed E-state index contributed by atoms with van der Waals surface area (Å²) in [6, 6.07) is 13.8. The van der Waals surface area contributed by atoms with Crippen molar-refractivity contribution >= 4 is 39.3 Å². The number of aromatic nitrogens is 2. The topological polar surface area (TPSA) is 91.0 Å². The number of halogens is 2. The lowest BCUT2D eigenvalue weighted by Crippen LogP contribution is -2.45. The van der Waals surface area contributed by atoms with Crippen molar-refractivity contribution in [1.82, 2.24) is 20.6 Å². The number of hydrogen-bond donors (Lipinski definition) is 4. The highest BCUT2D eigenvalue weighted by Gasteiger charge is 2.16.